The summed E-state index contributed by atoms with van der Waals surface area (Å²) in [5.74, 6) is 0.0813. The molecule has 1 fully saturated rings. The van der Waals surface area contributed by atoms with E-state index in [0.29, 0.717) is 10.6 Å². The van der Waals surface area contributed by atoms with Crippen LogP contribution >= 0.6 is 22.9 Å². The first-order valence-corrected chi connectivity index (χ1v) is 11.9. The van der Waals surface area contributed by atoms with Gasteiger partial charge < -0.3 is 9.47 Å². The Morgan fingerprint density at radius 1 is 1.06 bits per heavy atom. The Hall–Kier alpha value is -2.63. The third-order valence-corrected chi connectivity index (χ3v) is 7.48. The van der Waals surface area contributed by atoms with Gasteiger partial charge in [0.05, 0.1) is 0 Å². The van der Waals surface area contributed by atoms with Crippen LogP contribution in [0.1, 0.15) is 35.3 Å². The summed E-state index contributed by atoms with van der Waals surface area (Å²) in [7, 11) is 2.04. The molecule has 6 heteroatoms. The van der Waals surface area contributed by atoms with E-state index in [1.165, 1.54) is 22.6 Å². The number of hydrogen-bond donors (Lipinski definition) is 0. The zero-order chi connectivity index (χ0) is 21.5. The molecule has 0 unspecified atom stereocenters. The third-order valence-electron chi connectivity index (χ3n) is 6.20. The maximum absolute atomic E-state index is 12.8. The molecule has 0 spiro atoms. The van der Waals surface area contributed by atoms with E-state index >= 15 is 0 Å². The number of fused-ring (bicyclic) bond motifs is 1. The predicted octanol–water partition coefficient (Wildman–Crippen LogP) is 6.56. The SMILES string of the molecule is Cc1cc2c(-c3cc(-c4ccc(C(=O)N5CCCCC5)cc4Cl)cs3)ccnc2n1C. The zero-order valence-electron chi connectivity index (χ0n) is 17.7. The fourth-order valence-electron chi connectivity index (χ4n) is 4.34. The quantitative estimate of drug-likeness (QED) is 0.355. The van der Waals surface area contributed by atoms with Crippen molar-refractivity contribution >= 4 is 39.9 Å². The van der Waals surface area contributed by atoms with Crippen LogP contribution in [-0.2, 0) is 7.05 Å². The number of hydrogen-bond acceptors (Lipinski definition) is 3. The highest BCUT2D eigenvalue weighted by atomic mass is 35.5. The summed E-state index contributed by atoms with van der Waals surface area (Å²) in [6.45, 7) is 3.77. The van der Waals surface area contributed by atoms with Crippen LogP contribution in [0.15, 0.2) is 48.0 Å². The maximum atomic E-state index is 12.8. The molecule has 3 aromatic heterocycles. The molecule has 1 aliphatic heterocycles. The van der Waals surface area contributed by atoms with Gasteiger partial charge in [0.25, 0.3) is 5.91 Å². The number of carbonyl (C=O) groups excluding carboxylic acids is 1. The Kier molecular flexibility index (Phi) is 5.32. The maximum Gasteiger partial charge on any atom is 0.253 e. The van der Waals surface area contributed by atoms with Gasteiger partial charge in [0, 0.05) is 64.0 Å². The smallest absolute Gasteiger partial charge is 0.253 e. The van der Waals surface area contributed by atoms with Crippen molar-refractivity contribution < 1.29 is 4.79 Å². The second-order valence-electron chi connectivity index (χ2n) is 8.19. The topological polar surface area (TPSA) is 38.1 Å². The van der Waals surface area contributed by atoms with Crippen molar-refractivity contribution in [2.24, 2.45) is 7.05 Å². The molecule has 1 saturated heterocycles. The molecule has 31 heavy (non-hydrogen) atoms. The van der Waals surface area contributed by atoms with Crippen LogP contribution in [0.3, 0.4) is 0 Å². The highest BCUT2D eigenvalue weighted by Gasteiger charge is 2.20. The standard InChI is InChI=1S/C25H24ClN3OS/c1-16-12-21-20(8-9-27-24(21)28(16)2)23-14-18(15-31-23)19-7-6-17(13-22(19)26)25(30)29-10-4-3-5-11-29/h6-9,12-15H,3-5,10-11H2,1-2H3. The molecule has 4 nitrogen and oxygen atoms in total. The summed E-state index contributed by atoms with van der Waals surface area (Å²) in [5, 5.41) is 3.90. The van der Waals surface area contributed by atoms with Crippen molar-refractivity contribution in [1.29, 1.82) is 0 Å². The van der Waals surface area contributed by atoms with E-state index in [9.17, 15) is 4.79 Å². The van der Waals surface area contributed by atoms with Gasteiger partial charge in [-0.2, -0.15) is 0 Å². The first-order chi connectivity index (χ1) is 15.0. The van der Waals surface area contributed by atoms with Crippen LogP contribution in [0, 0.1) is 6.92 Å². The van der Waals surface area contributed by atoms with Gasteiger partial charge in [-0.3, -0.25) is 4.79 Å². The third kappa shape index (κ3) is 3.66. The van der Waals surface area contributed by atoms with Crippen LogP contribution in [0.25, 0.3) is 32.6 Å². The van der Waals surface area contributed by atoms with E-state index in [-0.39, 0.29) is 5.91 Å². The van der Waals surface area contributed by atoms with E-state index in [2.05, 4.69) is 40.1 Å². The fraction of sp³-hybridized carbons (Fsp3) is 0.280. The number of thiophene rings is 1. The van der Waals surface area contributed by atoms with Gasteiger partial charge in [0.15, 0.2) is 0 Å². The van der Waals surface area contributed by atoms with Crippen LogP contribution in [0.4, 0.5) is 0 Å². The van der Waals surface area contributed by atoms with Crippen LogP contribution in [0.2, 0.25) is 5.02 Å². The molecule has 158 valence electrons. The fourth-order valence-corrected chi connectivity index (χ4v) is 5.58. The number of pyridine rings is 1. The normalized spacial score (nSPS) is 14.4. The number of piperidine rings is 1. The van der Waals surface area contributed by atoms with Crippen molar-refractivity contribution in [3.63, 3.8) is 0 Å². The van der Waals surface area contributed by atoms with Gasteiger partial charge in [0.1, 0.15) is 5.65 Å². The van der Waals surface area contributed by atoms with Gasteiger partial charge in [-0.1, -0.05) is 17.7 Å². The number of aromatic nitrogens is 2. The minimum atomic E-state index is 0.0813. The molecule has 1 aliphatic rings. The van der Waals surface area contributed by atoms with Crippen molar-refractivity contribution in [3.05, 3.63) is 64.3 Å². The lowest BCUT2D eigenvalue weighted by atomic mass is 10.0. The zero-order valence-corrected chi connectivity index (χ0v) is 19.3. The van der Waals surface area contributed by atoms with Crippen molar-refractivity contribution in [2.45, 2.75) is 26.2 Å². The molecule has 0 radical (unpaired) electrons. The van der Waals surface area contributed by atoms with Gasteiger partial charge in [-0.05, 0) is 67.5 Å². The minimum Gasteiger partial charge on any atom is -0.339 e. The Morgan fingerprint density at radius 2 is 1.87 bits per heavy atom. The summed E-state index contributed by atoms with van der Waals surface area (Å²) in [6.07, 6.45) is 5.23. The van der Waals surface area contributed by atoms with E-state index in [0.717, 1.165) is 48.1 Å². The monoisotopic (exact) mass is 449 g/mol. The first kappa shape index (κ1) is 20.3. The molecule has 0 saturated carbocycles. The van der Waals surface area contributed by atoms with E-state index in [1.807, 2.05) is 36.3 Å². The van der Waals surface area contributed by atoms with Gasteiger partial charge in [-0.15, -0.1) is 11.3 Å². The summed E-state index contributed by atoms with van der Waals surface area (Å²) in [4.78, 5) is 20.5. The molecule has 5 rings (SSSR count). The average molecular weight is 450 g/mol. The van der Waals surface area contributed by atoms with E-state index in [4.69, 9.17) is 11.6 Å². The van der Waals surface area contributed by atoms with Crippen molar-refractivity contribution in [3.8, 4) is 21.6 Å². The highest BCUT2D eigenvalue weighted by molar-refractivity contribution is 7.14. The van der Waals surface area contributed by atoms with Crippen LogP contribution in [0.5, 0.6) is 0 Å². The average Bonchev–Trinajstić information content (AvgIpc) is 3.39. The predicted molar refractivity (Wildman–Crippen MR) is 129 cm³/mol. The molecule has 1 amide bonds. The largest absolute Gasteiger partial charge is 0.339 e. The Balaban J connectivity index is 1.46. The van der Waals surface area contributed by atoms with Crippen LogP contribution in [-0.4, -0.2) is 33.4 Å². The second kappa shape index (κ2) is 8.13. The van der Waals surface area contributed by atoms with Crippen molar-refractivity contribution in [1.82, 2.24) is 14.5 Å². The number of likely N-dealkylation sites (tertiary alicyclic amines) is 1. The van der Waals surface area contributed by atoms with Crippen molar-refractivity contribution in [2.75, 3.05) is 13.1 Å². The lowest BCUT2D eigenvalue weighted by Crippen LogP contribution is -2.35. The molecule has 0 atom stereocenters. The Bertz CT molecular complexity index is 1280. The second-order valence-corrected chi connectivity index (χ2v) is 9.51. The molecule has 1 aromatic carbocycles. The molecule has 4 aromatic rings. The number of aryl methyl sites for hydroxylation is 2. The summed E-state index contributed by atoms with van der Waals surface area (Å²) < 4.78 is 2.11. The molecular formula is C25H24ClN3OS. The number of carbonyl (C=O) groups is 1. The number of amides is 1. The Labute approximate surface area is 191 Å². The number of benzene rings is 1. The lowest BCUT2D eigenvalue weighted by Gasteiger charge is -2.26. The molecule has 4 heterocycles. The molecule has 0 bridgehead atoms. The summed E-state index contributed by atoms with van der Waals surface area (Å²) in [5.41, 5.74) is 6.04. The van der Waals surface area contributed by atoms with Gasteiger partial charge in [0.2, 0.25) is 0 Å². The number of halogens is 1. The molecule has 0 N–H and O–H groups in total. The van der Waals surface area contributed by atoms with E-state index in [1.54, 1.807) is 11.3 Å². The summed E-state index contributed by atoms with van der Waals surface area (Å²) >= 11 is 8.34. The Morgan fingerprint density at radius 3 is 2.65 bits per heavy atom. The number of rotatable bonds is 3. The van der Waals surface area contributed by atoms with Gasteiger partial charge in [-0.25, -0.2) is 4.98 Å². The minimum absolute atomic E-state index is 0.0813. The first-order valence-electron chi connectivity index (χ1n) is 10.6. The highest BCUT2D eigenvalue weighted by Crippen LogP contribution is 2.38. The summed E-state index contributed by atoms with van der Waals surface area (Å²) in [6, 6.07) is 12.1. The van der Waals surface area contributed by atoms with Crippen LogP contribution < -0.4 is 0 Å². The van der Waals surface area contributed by atoms with E-state index < -0.39 is 0 Å². The molecular weight excluding hydrogens is 426 g/mol. The molecule has 0 aliphatic carbocycles. The lowest BCUT2D eigenvalue weighted by molar-refractivity contribution is 0.0724. The van der Waals surface area contributed by atoms with Gasteiger partial charge >= 0.3 is 0 Å². The number of nitrogens with zero attached hydrogens (tertiary/aromatic N) is 3.